The van der Waals surface area contributed by atoms with Gasteiger partial charge >= 0.3 is 110 Å². The predicted octanol–water partition coefficient (Wildman–Crippen LogP) is -14.6. The van der Waals surface area contributed by atoms with Crippen molar-refractivity contribution < 1.29 is 149 Å². The van der Waals surface area contributed by atoms with Gasteiger partial charge in [0.2, 0.25) is 0 Å². The molecule has 8 nitrogen and oxygen atoms in total. The van der Waals surface area contributed by atoms with Crippen molar-refractivity contribution in [3.63, 3.8) is 0 Å². The molecule has 0 radical (unpaired) electrons. The maximum absolute atomic E-state index is 8.55. The van der Waals surface area contributed by atoms with Gasteiger partial charge in [-0.3, -0.25) is 0 Å². The molecule has 0 rings (SSSR count). The van der Waals surface area contributed by atoms with Gasteiger partial charge < -0.3 is 38.5 Å². The summed E-state index contributed by atoms with van der Waals surface area (Å²) in [5, 5.41) is 0. The average Bonchev–Trinajstić information content (AvgIpc) is 1.12. The fourth-order valence-electron chi connectivity index (χ4n) is 0. The summed E-state index contributed by atoms with van der Waals surface area (Å²) in [6.45, 7) is 0. The van der Waals surface area contributed by atoms with Gasteiger partial charge in [0, 0.05) is 0 Å². The van der Waals surface area contributed by atoms with Crippen LogP contribution in [0.25, 0.3) is 0 Å². The molecule has 0 aliphatic carbocycles. The van der Waals surface area contributed by atoms with Gasteiger partial charge in [-0.25, -0.2) is 0 Å². The Morgan fingerprint density at radius 1 is 0.615 bits per heavy atom. The maximum Gasteiger partial charge on any atom is 1.00 e. The van der Waals surface area contributed by atoms with Crippen molar-refractivity contribution >= 4 is 15.6 Å². The van der Waals surface area contributed by atoms with Crippen molar-refractivity contribution in [2.24, 2.45) is 0 Å². The molecule has 0 fully saturated rings. The molecule has 0 aromatic carbocycles. The van der Waals surface area contributed by atoms with Crippen molar-refractivity contribution in [1.82, 2.24) is 0 Å². The Morgan fingerprint density at radius 3 is 0.615 bits per heavy atom. The smallest absolute Gasteiger partial charge is 0.822 e. The Hall–Kier alpha value is 3.86. The first-order valence-corrected chi connectivity index (χ1v) is 4.38. The van der Waals surface area contributed by atoms with Crippen molar-refractivity contribution in [3.8, 4) is 0 Å². The molecule has 0 bridgehead atoms. The minimum absolute atomic E-state index is 0. The van der Waals surface area contributed by atoms with E-state index in [0.29, 0.717) is 0 Å². The van der Waals surface area contributed by atoms with Gasteiger partial charge in [0.25, 0.3) is 0 Å². The zero-order chi connectivity index (χ0) is 9.00. The molecule has 0 heterocycles. The van der Waals surface area contributed by atoms with Crippen molar-refractivity contribution in [2.45, 2.75) is 0 Å². The van der Waals surface area contributed by atoms with Crippen LogP contribution in [-0.2, 0) is 9.13 Å². The van der Waals surface area contributed by atoms with Gasteiger partial charge in [-0.1, -0.05) is 0 Å². The summed E-state index contributed by atoms with van der Waals surface area (Å²) < 4.78 is 17.1. The average molecular weight is 275 g/mol. The Labute approximate surface area is 161 Å². The normalized spacial score (nSPS) is 9.08. The summed E-state index contributed by atoms with van der Waals surface area (Å²) in [5.41, 5.74) is 0. The third-order valence-corrected chi connectivity index (χ3v) is 0. The van der Waals surface area contributed by atoms with Gasteiger partial charge in [-0.05, 0) is 0 Å². The zero-order valence-corrected chi connectivity index (χ0v) is 16.1. The second-order valence-electron chi connectivity index (χ2n) is 0.894. The van der Waals surface area contributed by atoms with Crippen LogP contribution in [0.4, 0.5) is 0 Å². The summed E-state index contributed by atoms with van der Waals surface area (Å²) in [4.78, 5) is 51.3. The first kappa shape index (κ1) is 30.1. The van der Waals surface area contributed by atoms with E-state index in [1.165, 1.54) is 0 Å². The number of rotatable bonds is 0. The van der Waals surface area contributed by atoms with Crippen molar-refractivity contribution in [1.29, 1.82) is 0 Å². The largest absolute Gasteiger partial charge is 1.00 e. The van der Waals surface area contributed by atoms with Crippen LogP contribution in [0.15, 0.2) is 0 Å². The summed E-state index contributed by atoms with van der Waals surface area (Å²) >= 11 is 0. The molecule has 0 saturated carbocycles. The predicted molar refractivity (Wildman–Crippen MR) is 15.2 cm³/mol. The van der Waals surface area contributed by atoms with Gasteiger partial charge in [-0.2, -0.15) is 15.6 Å². The Kier molecular flexibility index (Phi) is 32.3. The molecular formula is KNa2O8P2-3. The molecule has 0 aliphatic rings. The molecule has 64 valence electrons. The van der Waals surface area contributed by atoms with Crippen LogP contribution in [0.5, 0.6) is 0 Å². The van der Waals surface area contributed by atoms with Gasteiger partial charge in [0.15, 0.2) is 0 Å². The zero-order valence-electron chi connectivity index (χ0n) is 7.16. The van der Waals surface area contributed by atoms with Crippen LogP contribution in [0.1, 0.15) is 0 Å². The van der Waals surface area contributed by atoms with Crippen LogP contribution >= 0.6 is 15.6 Å². The van der Waals surface area contributed by atoms with Gasteiger partial charge in [-0.15, -0.1) is 0 Å². The van der Waals surface area contributed by atoms with E-state index in [9.17, 15) is 0 Å². The third kappa shape index (κ3) is 205. The summed E-state index contributed by atoms with van der Waals surface area (Å²) in [5.74, 6) is 0. The van der Waals surface area contributed by atoms with Gasteiger partial charge in [0.1, 0.15) is 0 Å². The molecular weight excluding hydrogens is 275 g/mol. The molecule has 0 unspecified atom stereocenters. The molecule has 13 heavy (non-hydrogen) atoms. The number of hydrogen-bond acceptors (Lipinski definition) is 8. The minimum Gasteiger partial charge on any atom is -0.822 e. The molecule has 0 aromatic rings. The van der Waals surface area contributed by atoms with E-state index < -0.39 is 15.6 Å². The van der Waals surface area contributed by atoms with Crippen molar-refractivity contribution in [3.05, 3.63) is 0 Å². The fourth-order valence-corrected chi connectivity index (χ4v) is 0. The van der Waals surface area contributed by atoms with Crippen LogP contribution in [0.3, 0.4) is 0 Å². The molecule has 0 N–H and O–H groups in total. The maximum atomic E-state index is 8.55. The summed E-state index contributed by atoms with van der Waals surface area (Å²) in [6, 6.07) is 0. The van der Waals surface area contributed by atoms with Crippen LogP contribution < -0.4 is 140 Å². The number of phosphoric acid groups is 2. The first-order valence-electron chi connectivity index (χ1n) is 1.46. The first-order chi connectivity index (χ1) is 4.00. The Balaban J connectivity index is -0.0000000267. The SMILES string of the molecule is O=P([O-])([O-])[O-].O=P([O-])([O-])[O-].[K+].[Na+].[Na+]. The molecule has 0 amide bonds. The number of hydrogen-bond donors (Lipinski definition) is 0. The standard InChI is InChI=1S/K.2Na.2H3O4P/c;;;2*1-5(2,3)4/h;;;2*(H3,1,2,3,4)/q3*+1;;/p-6. The minimum atomic E-state index is -5.39. The van der Waals surface area contributed by atoms with E-state index in [1.54, 1.807) is 0 Å². The molecule has 0 aliphatic heterocycles. The quantitative estimate of drug-likeness (QED) is 0.309. The molecule has 13 heteroatoms. The van der Waals surface area contributed by atoms with E-state index >= 15 is 0 Å². The second kappa shape index (κ2) is 13.9. The van der Waals surface area contributed by atoms with Crippen molar-refractivity contribution in [2.75, 3.05) is 0 Å². The van der Waals surface area contributed by atoms with E-state index in [2.05, 4.69) is 0 Å². The molecule has 0 saturated heterocycles. The summed E-state index contributed by atoms with van der Waals surface area (Å²) in [7, 11) is -10.8. The molecule has 0 aromatic heterocycles. The fraction of sp³-hybridized carbons (Fsp3) is 0. The van der Waals surface area contributed by atoms with Crippen LogP contribution in [0.2, 0.25) is 0 Å². The van der Waals surface area contributed by atoms with E-state index in [0.717, 1.165) is 0 Å². The van der Waals surface area contributed by atoms with E-state index in [-0.39, 0.29) is 110 Å². The Morgan fingerprint density at radius 2 is 0.615 bits per heavy atom. The topological polar surface area (TPSA) is 172 Å². The monoisotopic (exact) mass is 275 g/mol. The summed E-state index contributed by atoms with van der Waals surface area (Å²) in [6.07, 6.45) is 0. The van der Waals surface area contributed by atoms with E-state index in [4.69, 9.17) is 38.5 Å². The molecule has 0 spiro atoms. The third-order valence-electron chi connectivity index (χ3n) is 0. The van der Waals surface area contributed by atoms with E-state index in [1.807, 2.05) is 0 Å². The van der Waals surface area contributed by atoms with Gasteiger partial charge in [0.05, 0.1) is 0 Å². The Bertz CT molecular complexity index is 132. The molecule has 0 atom stereocenters. The second-order valence-corrected chi connectivity index (χ2v) is 2.68. The van der Waals surface area contributed by atoms with Crippen LogP contribution in [0, 0.1) is 0 Å². The van der Waals surface area contributed by atoms with Crippen LogP contribution in [-0.4, -0.2) is 0 Å².